The van der Waals surface area contributed by atoms with E-state index in [4.69, 9.17) is 14.2 Å². The van der Waals surface area contributed by atoms with Crippen molar-refractivity contribution in [2.75, 3.05) is 0 Å². The molecule has 0 saturated carbocycles. The Bertz CT molecular complexity index is 1530. The van der Waals surface area contributed by atoms with Crippen LogP contribution < -0.4 is 9.47 Å². The van der Waals surface area contributed by atoms with Gasteiger partial charge >= 0.3 is 11.9 Å². The molecule has 3 atom stereocenters. The lowest BCUT2D eigenvalue weighted by atomic mass is 9.60. The van der Waals surface area contributed by atoms with Crippen LogP contribution in [-0.2, 0) is 20.7 Å². The van der Waals surface area contributed by atoms with Gasteiger partial charge in [-0.1, -0.05) is 23.8 Å². The quantitative estimate of drug-likeness (QED) is 0.283. The van der Waals surface area contributed by atoms with Crippen LogP contribution in [0, 0.1) is 5.92 Å². The van der Waals surface area contributed by atoms with E-state index < -0.39 is 46.0 Å². The number of aromatic hydroxyl groups is 1. The van der Waals surface area contributed by atoms with E-state index >= 15 is 0 Å². The van der Waals surface area contributed by atoms with Crippen molar-refractivity contribution in [1.29, 1.82) is 0 Å². The number of carbonyl (C=O) groups is 3. The number of ketones is 1. The standard InChI is InChI=1S/C33H38O9/c1-17(2)11-12-20-26-19(14-15-30(4,5)40-26)24(34)23-25(35)21-9-8-10-22-31(6,7)42-32(29(38)39,16-13-18(3)28(36)37)33(21,22)41-27(20)23/h9,11,13-15,22,34H,8,10,12,16H2,1-7H3,(H,36,37)(H,38,39)/b18-13-/t22-,32+,33+/m1/s1. The minimum Gasteiger partial charge on any atom is -0.506 e. The lowest BCUT2D eigenvalue weighted by Gasteiger charge is -2.50. The second-order valence-electron chi connectivity index (χ2n) is 12.9. The first kappa shape index (κ1) is 29.6. The molecule has 1 aromatic carbocycles. The first-order valence-corrected chi connectivity index (χ1v) is 14.2. The fourth-order valence-electron chi connectivity index (χ4n) is 6.94. The maximum atomic E-state index is 14.5. The van der Waals surface area contributed by atoms with Gasteiger partial charge in [-0.15, -0.1) is 0 Å². The molecule has 9 nitrogen and oxygen atoms in total. The Labute approximate surface area is 245 Å². The van der Waals surface area contributed by atoms with Crippen LogP contribution in [0.3, 0.4) is 0 Å². The number of carbonyl (C=O) groups excluding carboxylic acids is 1. The number of carboxylic acid groups (broad SMARTS) is 2. The number of hydrogen-bond acceptors (Lipinski definition) is 7. The number of allylic oxidation sites excluding steroid dienone is 3. The normalized spacial score (nSPS) is 28.3. The molecule has 0 unspecified atom stereocenters. The summed E-state index contributed by atoms with van der Waals surface area (Å²) in [5.41, 5.74) is -3.84. The molecule has 1 saturated heterocycles. The Kier molecular flexibility index (Phi) is 6.77. The summed E-state index contributed by atoms with van der Waals surface area (Å²) < 4.78 is 19.7. The molecular weight excluding hydrogens is 540 g/mol. The molecule has 0 amide bonds. The van der Waals surface area contributed by atoms with Crippen molar-refractivity contribution in [2.24, 2.45) is 5.92 Å². The van der Waals surface area contributed by atoms with Crippen molar-refractivity contribution in [3.63, 3.8) is 0 Å². The molecule has 3 N–H and O–H groups in total. The Balaban J connectivity index is 1.86. The van der Waals surface area contributed by atoms with Crippen molar-refractivity contribution in [2.45, 2.75) is 96.6 Å². The van der Waals surface area contributed by atoms with Crippen LogP contribution in [-0.4, -0.2) is 55.4 Å². The average molecular weight is 579 g/mol. The average Bonchev–Trinajstić information content (AvgIpc) is 3.09. The largest absolute Gasteiger partial charge is 0.506 e. The molecular formula is C33H38O9. The Morgan fingerprint density at radius 3 is 2.36 bits per heavy atom. The molecule has 9 heteroatoms. The number of rotatable bonds is 6. The number of fused-ring (bicyclic) bond motifs is 2. The van der Waals surface area contributed by atoms with Gasteiger partial charge in [0.15, 0.2) is 11.4 Å². The summed E-state index contributed by atoms with van der Waals surface area (Å²) in [7, 11) is 0. The van der Waals surface area contributed by atoms with Crippen LogP contribution in [0.2, 0.25) is 0 Å². The number of carboxylic acids is 2. The van der Waals surface area contributed by atoms with Gasteiger partial charge in [0.2, 0.25) is 5.60 Å². The Morgan fingerprint density at radius 2 is 1.74 bits per heavy atom. The number of aliphatic carboxylic acids is 2. The zero-order valence-corrected chi connectivity index (χ0v) is 25.1. The van der Waals surface area contributed by atoms with Crippen molar-refractivity contribution in [1.82, 2.24) is 0 Å². The van der Waals surface area contributed by atoms with Crippen LogP contribution in [0.4, 0.5) is 0 Å². The van der Waals surface area contributed by atoms with Gasteiger partial charge < -0.3 is 29.5 Å². The number of Topliss-reactive ketones (excluding diaryl/α,β-unsaturated/α-hetero) is 1. The van der Waals surface area contributed by atoms with E-state index in [0.717, 1.165) is 5.57 Å². The lowest BCUT2D eigenvalue weighted by molar-refractivity contribution is -0.184. The molecule has 3 aliphatic heterocycles. The zero-order chi connectivity index (χ0) is 31.0. The van der Waals surface area contributed by atoms with Gasteiger partial charge in [-0.25, -0.2) is 9.59 Å². The lowest BCUT2D eigenvalue weighted by Crippen LogP contribution is -2.66. The van der Waals surface area contributed by atoms with Gasteiger partial charge in [-0.05, 0) is 79.9 Å². The van der Waals surface area contributed by atoms with Crippen molar-refractivity contribution >= 4 is 23.8 Å². The highest BCUT2D eigenvalue weighted by atomic mass is 16.6. The van der Waals surface area contributed by atoms with Crippen molar-refractivity contribution in [3.8, 4) is 17.2 Å². The summed E-state index contributed by atoms with van der Waals surface area (Å²) >= 11 is 0. The molecule has 1 aliphatic carbocycles. The predicted molar refractivity (Wildman–Crippen MR) is 155 cm³/mol. The predicted octanol–water partition coefficient (Wildman–Crippen LogP) is 5.79. The van der Waals surface area contributed by atoms with E-state index in [0.29, 0.717) is 36.1 Å². The number of benzene rings is 1. The van der Waals surface area contributed by atoms with Crippen molar-refractivity contribution in [3.05, 3.63) is 57.7 Å². The first-order chi connectivity index (χ1) is 19.5. The van der Waals surface area contributed by atoms with Gasteiger partial charge in [0.25, 0.3) is 0 Å². The Hall–Kier alpha value is -3.85. The topological polar surface area (TPSA) is 140 Å². The molecule has 0 aromatic heterocycles. The van der Waals surface area contributed by atoms with Crippen LogP contribution >= 0.6 is 0 Å². The van der Waals surface area contributed by atoms with Crippen LogP contribution in [0.25, 0.3) is 6.08 Å². The number of hydrogen-bond donors (Lipinski definition) is 3. The van der Waals surface area contributed by atoms with E-state index in [1.807, 2.05) is 33.8 Å². The summed E-state index contributed by atoms with van der Waals surface area (Å²) in [5.74, 6) is -3.55. The highest BCUT2D eigenvalue weighted by molar-refractivity contribution is 6.17. The third-order valence-electron chi connectivity index (χ3n) is 8.93. The zero-order valence-electron chi connectivity index (χ0n) is 25.1. The fourth-order valence-corrected chi connectivity index (χ4v) is 6.94. The van der Waals surface area contributed by atoms with Crippen molar-refractivity contribution < 1.29 is 43.9 Å². The molecule has 1 aromatic rings. The summed E-state index contributed by atoms with van der Waals surface area (Å²) in [4.78, 5) is 39.6. The monoisotopic (exact) mass is 578 g/mol. The molecule has 3 heterocycles. The SMILES string of the molecule is CC(C)=CCc1c2c(c(O)c3c1O[C@@]14C(=CCC[C@@H]1C(C)(C)O[C@@]4(C/C=C(/C)C(=O)O)C(=O)O)C3=O)C=CC(C)(C)O2. The maximum Gasteiger partial charge on any atom is 0.340 e. The molecule has 224 valence electrons. The molecule has 1 fully saturated rings. The van der Waals surface area contributed by atoms with Gasteiger partial charge in [0.05, 0.1) is 11.2 Å². The van der Waals surface area contributed by atoms with E-state index in [1.165, 1.54) is 13.0 Å². The summed E-state index contributed by atoms with van der Waals surface area (Å²) in [6, 6.07) is 0. The molecule has 0 radical (unpaired) electrons. The maximum absolute atomic E-state index is 14.5. The number of phenolic OH excluding ortho intramolecular Hbond substituents is 1. The third kappa shape index (κ3) is 4.12. The fraction of sp³-hybridized carbons (Fsp3) is 0.485. The summed E-state index contributed by atoms with van der Waals surface area (Å²) in [5, 5.41) is 32.0. The molecule has 1 spiro atoms. The highest BCUT2D eigenvalue weighted by Gasteiger charge is 2.77. The van der Waals surface area contributed by atoms with E-state index in [9.17, 15) is 29.7 Å². The Morgan fingerprint density at radius 1 is 1.05 bits per heavy atom. The van der Waals surface area contributed by atoms with E-state index in [2.05, 4.69) is 0 Å². The highest BCUT2D eigenvalue weighted by Crippen LogP contribution is 2.64. The minimum atomic E-state index is -2.14. The van der Waals surface area contributed by atoms with Gasteiger partial charge in [0, 0.05) is 29.0 Å². The molecule has 5 rings (SSSR count). The molecule has 4 aliphatic rings. The van der Waals surface area contributed by atoms with Crippen LogP contribution in [0.5, 0.6) is 17.2 Å². The summed E-state index contributed by atoms with van der Waals surface area (Å²) in [6.45, 7) is 12.5. The second-order valence-corrected chi connectivity index (χ2v) is 12.9. The third-order valence-corrected chi connectivity index (χ3v) is 8.93. The van der Waals surface area contributed by atoms with Gasteiger partial charge in [-0.3, -0.25) is 4.79 Å². The summed E-state index contributed by atoms with van der Waals surface area (Å²) in [6.07, 6.45) is 9.38. The first-order valence-electron chi connectivity index (χ1n) is 14.2. The van der Waals surface area contributed by atoms with Crippen LogP contribution in [0.1, 0.15) is 89.2 Å². The van der Waals surface area contributed by atoms with E-state index in [1.54, 1.807) is 32.1 Å². The second kappa shape index (κ2) is 9.59. The minimum absolute atomic E-state index is 0.0439. The molecule has 0 bridgehead atoms. The van der Waals surface area contributed by atoms with Gasteiger partial charge in [-0.2, -0.15) is 0 Å². The van der Waals surface area contributed by atoms with Gasteiger partial charge in [0.1, 0.15) is 28.4 Å². The number of ether oxygens (including phenoxy) is 3. The van der Waals surface area contributed by atoms with Crippen LogP contribution in [0.15, 0.2) is 41.0 Å². The number of phenols is 1. The smallest absolute Gasteiger partial charge is 0.340 e. The van der Waals surface area contributed by atoms with E-state index in [-0.39, 0.29) is 34.6 Å². The molecule has 42 heavy (non-hydrogen) atoms.